The molecular weight excluding hydrogens is 491 g/mol. The molecule has 2 unspecified atom stereocenters. The quantitative estimate of drug-likeness (QED) is 0.349. The third-order valence-corrected chi connectivity index (χ3v) is 6.15. The molecule has 3 aliphatic heterocycles. The summed E-state index contributed by atoms with van der Waals surface area (Å²) in [6, 6.07) is 8.98. The molecule has 3 aliphatic rings. The van der Waals surface area contributed by atoms with Gasteiger partial charge in [-0.2, -0.15) is 0 Å². The Kier molecular flexibility index (Phi) is 9.67. The van der Waals surface area contributed by atoms with Gasteiger partial charge in [0.15, 0.2) is 5.96 Å². The van der Waals surface area contributed by atoms with Crippen LogP contribution in [0.25, 0.3) is 0 Å². The summed E-state index contributed by atoms with van der Waals surface area (Å²) in [6.45, 7) is 10.6. The van der Waals surface area contributed by atoms with E-state index in [0.717, 1.165) is 58.2 Å². The number of aliphatic imine (C=N–C) groups is 1. The number of ether oxygens (including phenoxy) is 2. The van der Waals surface area contributed by atoms with Crippen molar-refractivity contribution in [2.45, 2.75) is 57.9 Å². The van der Waals surface area contributed by atoms with Crippen LogP contribution in [0.3, 0.4) is 0 Å². The Morgan fingerprint density at radius 1 is 1.00 bits per heavy atom. The highest BCUT2D eigenvalue weighted by Crippen LogP contribution is 2.21. The van der Waals surface area contributed by atoms with Crippen LogP contribution in [0.4, 0.5) is 0 Å². The van der Waals surface area contributed by atoms with E-state index in [1.165, 1.54) is 37.1 Å². The Morgan fingerprint density at radius 3 is 2.43 bits per heavy atom. The Morgan fingerprint density at radius 2 is 1.73 bits per heavy atom. The number of nitrogens with one attached hydrogen (secondary N) is 1. The van der Waals surface area contributed by atoms with E-state index in [-0.39, 0.29) is 36.2 Å². The van der Waals surface area contributed by atoms with Gasteiger partial charge in [-0.1, -0.05) is 24.3 Å². The first kappa shape index (κ1) is 23.8. The number of likely N-dealkylation sites (tertiary alicyclic amines) is 1. The molecule has 3 heterocycles. The number of guanidine groups is 1. The zero-order chi connectivity index (χ0) is 19.9. The van der Waals surface area contributed by atoms with Crippen LogP contribution in [0.15, 0.2) is 29.3 Å². The first-order chi connectivity index (χ1) is 14.3. The largest absolute Gasteiger partial charge is 0.375 e. The minimum absolute atomic E-state index is 0. The minimum Gasteiger partial charge on any atom is -0.375 e. The number of benzene rings is 1. The molecule has 168 valence electrons. The van der Waals surface area contributed by atoms with E-state index in [4.69, 9.17) is 14.5 Å². The highest BCUT2D eigenvalue weighted by molar-refractivity contribution is 14.0. The summed E-state index contributed by atoms with van der Waals surface area (Å²) >= 11 is 0. The zero-order valence-corrected chi connectivity index (χ0v) is 20.6. The van der Waals surface area contributed by atoms with Gasteiger partial charge in [0.1, 0.15) is 6.10 Å². The summed E-state index contributed by atoms with van der Waals surface area (Å²) in [5.74, 6) is 0.986. The molecule has 0 amide bonds. The lowest BCUT2D eigenvalue weighted by Crippen LogP contribution is -2.53. The maximum atomic E-state index is 6.00. The van der Waals surface area contributed by atoms with Crippen LogP contribution in [0.1, 0.15) is 43.7 Å². The van der Waals surface area contributed by atoms with Crippen molar-refractivity contribution in [2.75, 3.05) is 45.9 Å². The SMILES string of the molecule is CCNC(=NCc1ccc(CN2CCCC2)cc1)N1CCOC(C2CCCO2)C1.I. The van der Waals surface area contributed by atoms with Crippen molar-refractivity contribution in [3.05, 3.63) is 35.4 Å². The van der Waals surface area contributed by atoms with E-state index in [0.29, 0.717) is 6.54 Å². The van der Waals surface area contributed by atoms with E-state index >= 15 is 0 Å². The predicted molar refractivity (Wildman–Crippen MR) is 131 cm³/mol. The molecule has 0 spiro atoms. The molecule has 0 radical (unpaired) electrons. The van der Waals surface area contributed by atoms with Crippen molar-refractivity contribution in [2.24, 2.45) is 4.99 Å². The Balaban J connectivity index is 0.00000256. The summed E-state index contributed by atoms with van der Waals surface area (Å²) in [7, 11) is 0. The van der Waals surface area contributed by atoms with Gasteiger partial charge in [-0.3, -0.25) is 4.90 Å². The van der Waals surface area contributed by atoms with Gasteiger partial charge in [0.25, 0.3) is 0 Å². The third-order valence-electron chi connectivity index (χ3n) is 6.15. The molecule has 0 saturated carbocycles. The van der Waals surface area contributed by atoms with Crippen molar-refractivity contribution < 1.29 is 9.47 Å². The second kappa shape index (κ2) is 12.2. The Hall–Kier alpha value is -0.900. The Labute approximate surface area is 198 Å². The van der Waals surface area contributed by atoms with Gasteiger partial charge in [0, 0.05) is 32.8 Å². The van der Waals surface area contributed by atoms with Crippen molar-refractivity contribution in [1.82, 2.24) is 15.1 Å². The molecular formula is C23H37IN4O2. The molecule has 30 heavy (non-hydrogen) atoms. The molecule has 3 fully saturated rings. The number of hydrogen-bond acceptors (Lipinski definition) is 4. The first-order valence-corrected chi connectivity index (χ1v) is 11.4. The van der Waals surface area contributed by atoms with Gasteiger partial charge >= 0.3 is 0 Å². The van der Waals surface area contributed by atoms with Crippen molar-refractivity contribution in [3.63, 3.8) is 0 Å². The van der Waals surface area contributed by atoms with Crippen molar-refractivity contribution in [3.8, 4) is 0 Å². The fourth-order valence-corrected chi connectivity index (χ4v) is 4.53. The average Bonchev–Trinajstić information content (AvgIpc) is 3.47. The molecule has 0 bridgehead atoms. The fourth-order valence-electron chi connectivity index (χ4n) is 4.53. The van der Waals surface area contributed by atoms with Gasteiger partial charge < -0.3 is 19.7 Å². The topological polar surface area (TPSA) is 49.3 Å². The number of nitrogens with zero attached hydrogens (tertiary/aromatic N) is 3. The number of hydrogen-bond donors (Lipinski definition) is 1. The van der Waals surface area contributed by atoms with Gasteiger partial charge in [-0.15, -0.1) is 24.0 Å². The van der Waals surface area contributed by atoms with Crippen LogP contribution in [0.5, 0.6) is 0 Å². The smallest absolute Gasteiger partial charge is 0.194 e. The maximum absolute atomic E-state index is 6.00. The lowest BCUT2D eigenvalue weighted by molar-refractivity contribution is -0.0817. The van der Waals surface area contributed by atoms with Gasteiger partial charge in [0.05, 0.1) is 19.3 Å². The summed E-state index contributed by atoms with van der Waals surface area (Å²) in [6.07, 6.45) is 5.33. The summed E-state index contributed by atoms with van der Waals surface area (Å²) in [5.41, 5.74) is 2.66. The molecule has 1 aromatic carbocycles. The number of rotatable bonds is 6. The lowest BCUT2D eigenvalue weighted by Gasteiger charge is -2.37. The predicted octanol–water partition coefficient (Wildman–Crippen LogP) is 3.25. The standard InChI is InChI=1S/C23H36N4O2.HI/c1-2-24-23(27-13-15-29-22(18-27)21-6-5-14-28-21)25-16-19-7-9-20(10-8-19)17-26-11-3-4-12-26;/h7-10,21-22H,2-6,11-18H2,1H3,(H,24,25);1H. The summed E-state index contributed by atoms with van der Waals surface area (Å²) in [4.78, 5) is 9.80. The van der Waals surface area contributed by atoms with E-state index in [9.17, 15) is 0 Å². The molecule has 1 N–H and O–H groups in total. The lowest BCUT2D eigenvalue weighted by atomic mass is 10.1. The molecule has 7 heteroatoms. The van der Waals surface area contributed by atoms with Crippen LogP contribution < -0.4 is 5.32 Å². The van der Waals surface area contributed by atoms with E-state index < -0.39 is 0 Å². The van der Waals surface area contributed by atoms with E-state index in [1.54, 1.807) is 0 Å². The van der Waals surface area contributed by atoms with Crippen LogP contribution in [0.2, 0.25) is 0 Å². The van der Waals surface area contributed by atoms with E-state index in [1.807, 2.05) is 0 Å². The van der Waals surface area contributed by atoms with Gasteiger partial charge in [-0.25, -0.2) is 4.99 Å². The molecule has 3 saturated heterocycles. The number of halogens is 1. The third kappa shape index (κ3) is 6.55. The fraction of sp³-hybridized carbons (Fsp3) is 0.696. The van der Waals surface area contributed by atoms with Crippen molar-refractivity contribution >= 4 is 29.9 Å². The highest BCUT2D eigenvalue weighted by Gasteiger charge is 2.32. The van der Waals surface area contributed by atoms with Gasteiger partial charge in [0.2, 0.25) is 0 Å². The number of morpholine rings is 1. The Bertz CT molecular complexity index is 658. The summed E-state index contributed by atoms with van der Waals surface area (Å²) in [5, 5.41) is 3.47. The second-order valence-corrected chi connectivity index (χ2v) is 8.38. The van der Waals surface area contributed by atoms with E-state index in [2.05, 4.69) is 46.3 Å². The highest BCUT2D eigenvalue weighted by atomic mass is 127. The molecule has 0 aliphatic carbocycles. The monoisotopic (exact) mass is 528 g/mol. The normalized spacial score (nSPS) is 25.4. The first-order valence-electron chi connectivity index (χ1n) is 11.4. The average molecular weight is 528 g/mol. The molecule has 4 rings (SSSR count). The molecule has 1 aromatic rings. The molecule has 2 atom stereocenters. The van der Waals surface area contributed by atoms with Crippen LogP contribution in [0, 0.1) is 0 Å². The molecule has 0 aromatic heterocycles. The second-order valence-electron chi connectivity index (χ2n) is 8.38. The van der Waals surface area contributed by atoms with Crippen molar-refractivity contribution in [1.29, 1.82) is 0 Å². The molecule has 6 nitrogen and oxygen atoms in total. The summed E-state index contributed by atoms with van der Waals surface area (Å²) < 4.78 is 11.9. The zero-order valence-electron chi connectivity index (χ0n) is 18.2. The van der Waals surface area contributed by atoms with Crippen LogP contribution >= 0.6 is 24.0 Å². The van der Waals surface area contributed by atoms with Gasteiger partial charge in [-0.05, 0) is 56.8 Å². The van der Waals surface area contributed by atoms with Crippen LogP contribution in [-0.2, 0) is 22.6 Å². The minimum atomic E-state index is 0. The van der Waals surface area contributed by atoms with Crippen LogP contribution in [-0.4, -0.2) is 73.9 Å². The maximum Gasteiger partial charge on any atom is 0.194 e.